The molecule has 1 aliphatic rings. The van der Waals surface area contributed by atoms with Crippen LogP contribution in [-0.4, -0.2) is 23.1 Å². The minimum absolute atomic E-state index is 0.299. The number of hydrogen-bond donors (Lipinski definition) is 0. The highest BCUT2D eigenvalue weighted by molar-refractivity contribution is 5.84. The molecule has 126 valence electrons. The van der Waals surface area contributed by atoms with Gasteiger partial charge in [0.2, 0.25) is 0 Å². The van der Waals surface area contributed by atoms with E-state index < -0.39 is 23.0 Å². The van der Waals surface area contributed by atoms with Crippen LogP contribution in [0.3, 0.4) is 0 Å². The van der Waals surface area contributed by atoms with Gasteiger partial charge in [0.25, 0.3) is 0 Å². The summed E-state index contributed by atoms with van der Waals surface area (Å²) >= 11 is 0. The van der Waals surface area contributed by atoms with Crippen molar-refractivity contribution in [3.63, 3.8) is 0 Å². The van der Waals surface area contributed by atoms with Crippen LogP contribution in [0.15, 0.2) is 12.2 Å². The molecule has 2 unspecified atom stereocenters. The van der Waals surface area contributed by atoms with Crippen molar-refractivity contribution in [3.8, 4) is 0 Å². The number of carbonyl (C=O) groups excluding carboxylic acids is 2. The third-order valence-electron chi connectivity index (χ3n) is 4.45. The molecule has 0 fully saturated rings. The second-order valence-electron chi connectivity index (χ2n) is 7.21. The fourth-order valence-corrected chi connectivity index (χ4v) is 2.17. The van der Waals surface area contributed by atoms with Gasteiger partial charge in [0.1, 0.15) is 11.2 Å². The number of hydrogen-bond acceptors (Lipinski definition) is 4. The largest absolute Gasteiger partial charge is 0.459 e. The summed E-state index contributed by atoms with van der Waals surface area (Å²) in [7, 11) is 0. The third-order valence-corrected chi connectivity index (χ3v) is 4.45. The zero-order valence-electron chi connectivity index (χ0n) is 14.8. The van der Waals surface area contributed by atoms with Gasteiger partial charge in [-0.2, -0.15) is 0 Å². The van der Waals surface area contributed by atoms with Crippen LogP contribution in [0.1, 0.15) is 67.2 Å². The second kappa shape index (κ2) is 7.30. The molecular weight excluding hydrogens is 280 g/mol. The van der Waals surface area contributed by atoms with Crippen LogP contribution >= 0.6 is 0 Å². The van der Waals surface area contributed by atoms with E-state index >= 15 is 0 Å². The van der Waals surface area contributed by atoms with Crippen molar-refractivity contribution in [1.29, 1.82) is 0 Å². The Hall–Kier alpha value is -1.32. The van der Waals surface area contributed by atoms with E-state index in [0.717, 1.165) is 19.3 Å². The van der Waals surface area contributed by atoms with Crippen molar-refractivity contribution < 1.29 is 19.1 Å². The Labute approximate surface area is 134 Å². The van der Waals surface area contributed by atoms with Crippen LogP contribution in [0.2, 0.25) is 0 Å². The van der Waals surface area contributed by atoms with Crippen molar-refractivity contribution in [2.45, 2.75) is 78.4 Å². The van der Waals surface area contributed by atoms with E-state index in [1.54, 1.807) is 6.08 Å². The molecule has 0 spiro atoms. The SMILES string of the molecule is CCC(C)(C)OC(=O)C1C=CCCC1C(=O)OC(C)(C)CC. The molecule has 0 bridgehead atoms. The molecule has 2 atom stereocenters. The van der Waals surface area contributed by atoms with E-state index in [2.05, 4.69) is 0 Å². The van der Waals surface area contributed by atoms with E-state index in [0.29, 0.717) is 6.42 Å². The fourth-order valence-electron chi connectivity index (χ4n) is 2.17. The lowest BCUT2D eigenvalue weighted by atomic mass is 9.83. The number of carbonyl (C=O) groups is 2. The summed E-state index contributed by atoms with van der Waals surface area (Å²) in [6.07, 6.45) is 6.61. The first kappa shape index (κ1) is 18.7. The maximum atomic E-state index is 12.5. The van der Waals surface area contributed by atoms with Crippen molar-refractivity contribution >= 4 is 11.9 Å². The van der Waals surface area contributed by atoms with Gasteiger partial charge in [-0.3, -0.25) is 9.59 Å². The Morgan fingerprint density at radius 2 is 1.50 bits per heavy atom. The van der Waals surface area contributed by atoms with Gasteiger partial charge in [-0.25, -0.2) is 0 Å². The van der Waals surface area contributed by atoms with Crippen molar-refractivity contribution in [2.75, 3.05) is 0 Å². The Kier molecular flexibility index (Phi) is 6.21. The maximum Gasteiger partial charge on any atom is 0.314 e. The van der Waals surface area contributed by atoms with E-state index in [-0.39, 0.29) is 11.9 Å². The Morgan fingerprint density at radius 3 is 2.00 bits per heavy atom. The molecule has 1 rings (SSSR count). The first-order valence-corrected chi connectivity index (χ1v) is 8.24. The minimum Gasteiger partial charge on any atom is -0.459 e. The lowest BCUT2D eigenvalue weighted by Crippen LogP contribution is -2.39. The summed E-state index contributed by atoms with van der Waals surface area (Å²) in [4.78, 5) is 24.9. The molecule has 0 radical (unpaired) electrons. The molecule has 0 heterocycles. The maximum absolute atomic E-state index is 12.5. The molecular formula is C18H30O4. The van der Waals surface area contributed by atoms with Gasteiger partial charge >= 0.3 is 11.9 Å². The lowest BCUT2D eigenvalue weighted by molar-refractivity contribution is -0.173. The van der Waals surface area contributed by atoms with Gasteiger partial charge in [0, 0.05) is 0 Å². The topological polar surface area (TPSA) is 52.6 Å². The Bertz CT molecular complexity index is 434. The first-order chi connectivity index (χ1) is 10.1. The zero-order chi connectivity index (χ0) is 17.0. The van der Waals surface area contributed by atoms with Gasteiger partial charge in [-0.15, -0.1) is 0 Å². The molecule has 0 aliphatic heterocycles. The predicted molar refractivity (Wildman–Crippen MR) is 86.3 cm³/mol. The standard InChI is InChI=1S/C18H30O4/c1-7-17(3,4)21-15(19)13-11-9-10-12-14(13)16(20)22-18(5,6)8-2/h9,11,13-14H,7-8,10,12H2,1-6H3. The smallest absolute Gasteiger partial charge is 0.314 e. The molecule has 0 aromatic rings. The van der Waals surface area contributed by atoms with Crippen molar-refractivity contribution in [1.82, 2.24) is 0 Å². The van der Waals surface area contributed by atoms with Crippen LogP contribution in [0, 0.1) is 11.8 Å². The molecule has 0 aromatic heterocycles. The van der Waals surface area contributed by atoms with E-state index in [1.165, 1.54) is 0 Å². The molecule has 22 heavy (non-hydrogen) atoms. The van der Waals surface area contributed by atoms with Gasteiger partial charge in [-0.1, -0.05) is 26.0 Å². The second-order valence-corrected chi connectivity index (χ2v) is 7.21. The number of allylic oxidation sites excluding steroid dienone is 1. The van der Waals surface area contributed by atoms with Crippen molar-refractivity contribution in [2.24, 2.45) is 11.8 Å². The quantitative estimate of drug-likeness (QED) is 0.549. The highest BCUT2D eigenvalue weighted by Crippen LogP contribution is 2.31. The van der Waals surface area contributed by atoms with Crippen LogP contribution in [-0.2, 0) is 19.1 Å². The van der Waals surface area contributed by atoms with Crippen LogP contribution in [0.5, 0.6) is 0 Å². The first-order valence-electron chi connectivity index (χ1n) is 8.24. The Morgan fingerprint density at radius 1 is 1.00 bits per heavy atom. The molecule has 4 nitrogen and oxygen atoms in total. The fraction of sp³-hybridized carbons (Fsp3) is 0.778. The number of ether oxygens (including phenoxy) is 2. The summed E-state index contributed by atoms with van der Waals surface area (Å²) in [6.45, 7) is 11.5. The summed E-state index contributed by atoms with van der Waals surface area (Å²) < 4.78 is 11.1. The summed E-state index contributed by atoms with van der Waals surface area (Å²) in [5.74, 6) is -1.62. The number of rotatable bonds is 6. The van der Waals surface area contributed by atoms with E-state index in [4.69, 9.17) is 9.47 Å². The van der Waals surface area contributed by atoms with Crippen LogP contribution in [0.4, 0.5) is 0 Å². The highest BCUT2D eigenvalue weighted by Gasteiger charge is 2.39. The molecule has 1 aliphatic carbocycles. The van der Waals surface area contributed by atoms with E-state index in [1.807, 2.05) is 47.6 Å². The predicted octanol–water partition coefficient (Wildman–Crippen LogP) is 4.03. The molecule has 0 amide bonds. The van der Waals surface area contributed by atoms with Gasteiger partial charge in [0.15, 0.2) is 0 Å². The van der Waals surface area contributed by atoms with Gasteiger partial charge < -0.3 is 9.47 Å². The van der Waals surface area contributed by atoms with Crippen LogP contribution < -0.4 is 0 Å². The minimum atomic E-state index is -0.542. The van der Waals surface area contributed by atoms with Crippen LogP contribution in [0.25, 0.3) is 0 Å². The normalized spacial score (nSPS) is 22.3. The molecule has 4 heteroatoms. The van der Waals surface area contributed by atoms with Gasteiger partial charge in [-0.05, 0) is 53.4 Å². The van der Waals surface area contributed by atoms with Gasteiger partial charge in [0.05, 0.1) is 11.8 Å². The average Bonchev–Trinajstić information content (AvgIpc) is 2.46. The highest BCUT2D eigenvalue weighted by atomic mass is 16.6. The molecule has 0 saturated carbocycles. The molecule has 0 saturated heterocycles. The van der Waals surface area contributed by atoms with Crippen molar-refractivity contribution in [3.05, 3.63) is 12.2 Å². The summed E-state index contributed by atoms with van der Waals surface area (Å²) in [5, 5.41) is 0. The Balaban J connectivity index is 2.83. The zero-order valence-corrected chi connectivity index (χ0v) is 14.8. The number of esters is 2. The van der Waals surface area contributed by atoms with E-state index in [9.17, 15) is 9.59 Å². The lowest BCUT2D eigenvalue weighted by Gasteiger charge is -2.32. The summed E-state index contributed by atoms with van der Waals surface area (Å²) in [6, 6.07) is 0. The average molecular weight is 310 g/mol. The third kappa shape index (κ3) is 5.15. The summed E-state index contributed by atoms with van der Waals surface area (Å²) in [5.41, 5.74) is -1.02. The molecule has 0 N–H and O–H groups in total. The monoisotopic (exact) mass is 310 g/mol. The molecule has 0 aromatic carbocycles.